The van der Waals surface area contributed by atoms with Crippen LogP contribution in [-0.2, 0) is 0 Å². The number of allylic oxidation sites excluding steroid dienone is 1. The first-order valence-corrected chi connectivity index (χ1v) is 3.48. The summed E-state index contributed by atoms with van der Waals surface area (Å²) in [6.45, 7) is 6.41. The highest BCUT2D eigenvalue weighted by Gasteiger charge is 1.84. The zero-order valence-corrected chi connectivity index (χ0v) is 5.96. The topological polar surface area (TPSA) is 0 Å². The maximum atomic E-state index is 2.19. The third-order valence-electron chi connectivity index (χ3n) is 0.487. The molecule has 0 amide bonds. The van der Waals surface area contributed by atoms with Crippen LogP contribution in [0.4, 0.5) is 0 Å². The molecular formula is C6H12S. The molecule has 42 valence electrons. The van der Waals surface area contributed by atoms with Crippen LogP contribution in [0.15, 0.2) is 11.5 Å². The van der Waals surface area contributed by atoms with Gasteiger partial charge in [-0.3, -0.25) is 0 Å². The second-order valence-electron chi connectivity index (χ2n) is 1.65. The molecule has 0 saturated carbocycles. The fourth-order valence-electron chi connectivity index (χ4n) is 0.236. The molecule has 0 aliphatic carbocycles. The van der Waals surface area contributed by atoms with E-state index in [4.69, 9.17) is 0 Å². The van der Waals surface area contributed by atoms with Crippen molar-refractivity contribution in [2.45, 2.75) is 26.0 Å². The highest BCUT2D eigenvalue weighted by Crippen LogP contribution is 2.08. The first-order chi connectivity index (χ1) is 3.27. The average molecular weight is 116 g/mol. The van der Waals surface area contributed by atoms with E-state index in [1.165, 1.54) is 0 Å². The molecule has 7 heavy (non-hydrogen) atoms. The molecule has 0 atom stereocenters. The van der Waals surface area contributed by atoms with Gasteiger partial charge in [-0.2, -0.15) is 0 Å². The Morgan fingerprint density at radius 1 is 1.43 bits per heavy atom. The molecule has 0 N–H and O–H groups in total. The van der Waals surface area contributed by atoms with E-state index in [-0.39, 0.29) is 0 Å². The molecule has 0 unspecified atom stereocenters. The van der Waals surface area contributed by atoms with Crippen LogP contribution in [0.2, 0.25) is 0 Å². The molecule has 0 nitrogen and oxygen atoms in total. The van der Waals surface area contributed by atoms with Gasteiger partial charge in [-0.1, -0.05) is 19.9 Å². The van der Waals surface area contributed by atoms with E-state index in [9.17, 15) is 0 Å². The second-order valence-corrected chi connectivity index (χ2v) is 3.14. The Hall–Kier alpha value is 0.0900. The van der Waals surface area contributed by atoms with Crippen molar-refractivity contribution in [3.63, 3.8) is 0 Å². The monoisotopic (exact) mass is 116 g/mol. The van der Waals surface area contributed by atoms with E-state index in [1.54, 1.807) is 0 Å². The Kier molecular flexibility index (Phi) is 4.31. The van der Waals surface area contributed by atoms with Gasteiger partial charge in [0.25, 0.3) is 0 Å². The van der Waals surface area contributed by atoms with Crippen molar-refractivity contribution in [1.82, 2.24) is 0 Å². The fraction of sp³-hybridized carbons (Fsp3) is 0.667. The van der Waals surface area contributed by atoms with Gasteiger partial charge in [0.1, 0.15) is 0 Å². The lowest BCUT2D eigenvalue weighted by Crippen LogP contribution is -1.79. The Balaban J connectivity index is 2.97. The summed E-state index contributed by atoms with van der Waals surface area (Å²) in [4.78, 5) is 0. The van der Waals surface area contributed by atoms with Crippen LogP contribution in [0.3, 0.4) is 0 Å². The SMILES string of the molecule is C/C=C\SC(C)C. The molecular weight excluding hydrogens is 104 g/mol. The Morgan fingerprint density at radius 3 is 2.14 bits per heavy atom. The van der Waals surface area contributed by atoms with E-state index < -0.39 is 0 Å². The molecule has 0 bridgehead atoms. The smallest absolute Gasteiger partial charge is 0.00316 e. The quantitative estimate of drug-likeness (QED) is 0.534. The van der Waals surface area contributed by atoms with Crippen LogP contribution < -0.4 is 0 Å². The molecule has 0 heterocycles. The number of rotatable bonds is 2. The fourth-order valence-corrected chi connectivity index (χ4v) is 0.707. The second kappa shape index (κ2) is 4.25. The lowest BCUT2D eigenvalue weighted by atomic mass is 10.6. The zero-order valence-electron chi connectivity index (χ0n) is 5.14. The Labute approximate surface area is 50.0 Å². The maximum absolute atomic E-state index is 2.19. The summed E-state index contributed by atoms with van der Waals surface area (Å²) in [5.41, 5.74) is 0. The molecule has 0 radical (unpaired) electrons. The molecule has 0 rings (SSSR count). The van der Waals surface area contributed by atoms with Crippen LogP contribution in [0, 0.1) is 0 Å². The highest BCUT2D eigenvalue weighted by molar-refractivity contribution is 8.02. The average Bonchev–Trinajstić information content (AvgIpc) is 1.61. The van der Waals surface area contributed by atoms with Crippen molar-refractivity contribution < 1.29 is 0 Å². The van der Waals surface area contributed by atoms with Crippen LogP contribution in [0.5, 0.6) is 0 Å². The third-order valence-corrected chi connectivity index (χ3v) is 1.46. The molecule has 0 aliphatic heterocycles. The largest absolute Gasteiger partial charge is 0.132 e. The summed E-state index contributed by atoms with van der Waals surface area (Å²) in [6, 6.07) is 0. The first kappa shape index (κ1) is 7.09. The van der Waals surface area contributed by atoms with Gasteiger partial charge in [0.2, 0.25) is 0 Å². The summed E-state index contributed by atoms with van der Waals surface area (Å²) in [5.74, 6) is 0. The summed E-state index contributed by atoms with van der Waals surface area (Å²) >= 11 is 1.85. The van der Waals surface area contributed by atoms with Gasteiger partial charge in [0.15, 0.2) is 0 Å². The number of thioether (sulfide) groups is 1. The summed E-state index contributed by atoms with van der Waals surface area (Å²) in [6.07, 6.45) is 2.06. The lowest BCUT2D eigenvalue weighted by Gasteiger charge is -1.93. The van der Waals surface area contributed by atoms with Crippen molar-refractivity contribution >= 4 is 11.8 Å². The van der Waals surface area contributed by atoms with Gasteiger partial charge in [0, 0.05) is 5.25 Å². The van der Waals surface area contributed by atoms with Crippen molar-refractivity contribution in [2.75, 3.05) is 0 Å². The van der Waals surface area contributed by atoms with E-state index in [2.05, 4.69) is 25.3 Å². The first-order valence-electron chi connectivity index (χ1n) is 2.54. The Bertz CT molecular complexity index is 55.2. The summed E-state index contributed by atoms with van der Waals surface area (Å²) in [5, 5.41) is 2.85. The molecule has 0 saturated heterocycles. The summed E-state index contributed by atoms with van der Waals surface area (Å²) in [7, 11) is 0. The molecule has 0 aromatic heterocycles. The van der Waals surface area contributed by atoms with Crippen molar-refractivity contribution in [2.24, 2.45) is 0 Å². The van der Waals surface area contributed by atoms with Crippen LogP contribution in [-0.4, -0.2) is 5.25 Å². The third kappa shape index (κ3) is 6.09. The minimum absolute atomic E-state index is 0.733. The van der Waals surface area contributed by atoms with E-state index in [1.807, 2.05) is 18.7 Å². The molecule has 0 aromatic carbocycles. The van der Waals surface area contributed by atoms with Crippen molar-refractivity contribution in [3.05, 3.63) is 11.5 Å². The van der Waals surface area contributed by atoms with E-state index >= 15 is 0 Å². The van der Waals surface area contributed by atoms with Gasteiger partial charge in [-0.15, -0.1) is 11.8 Å². The zero-order chi connectivity index (χ0) is 5.70. The van der Waals surface area contributed by atoms with Gasteiger partial charge in [-0.25, -0.2) is 0 Å². The normalized spacial score (nSPS) is 11.4. The summed E-state index contributed by atoms with van der Waals surface area (Å²) < 4.78 is 0. The molecule has 0 fully saturated rings. The minimum Gasteiger partial charge on any atom is -0.132 e. The minimum atomic E-state index is 0.733. The van der Waals surface area contributed by atoms with Crippen LogP contribution in [0.1, 0.15) is 20.8 Å². The predicted octanol–water partition coefficient (Wildman–Crippen LogP) is 2.66. The predicted molar refractivity (Wildman–Crippen MR) is 37.5 cm³/mol. The van der Waals surface area contributed by atoms with E-state index in [0.29, 0.717) is 0 Å². The van der Waals surface area contributed by atoms with Crippen molar-refractivity contribution in [3.8, 4) is 0 Å². The molecule has 1 heteroatoms. The Morgan fingerprint density at radius 2 is 2.00 bits per heavy atom. The highest BCUT2D eigenvalue weighted by atomic mass is 32.2. The van der Waals surface area contributed by atoms with Gasteiger partial charge >= 0.3 is 0 Å². The number of hydrogen-bond acceptors (Lipinski definition) is 1. The van der Waals surface area contributed by atoms with E-state index in [0.717, 1.165) is 5.25 Å². The molecule has 0 aliphatic rings. The lowest BCUT2D eigenvalue weighted by molar-refractivity contribution is 1.12. The number of hydrogen-bond donors (Lipinski definition) is 0. The molecule has 0 aromatic rings. The van der Waals surface area contributed by atoms with Gasteiger partial charge in [-0.05, 0) is 12.3 Å². The van der Waals surface area contributed by atoms with Crippen LogP contribution >= 0.6 is 11.8 Å². The van der Waals surface area contributed by atoms with Gasteiger partial charge < -0.3 is 0 Å². The standard InChI is InChI=1S/C6H12S/c1-4-5-7-6(2)3/h4-6H,1-3H3/b5-4-. The maximum Gasteiger partial charge on any atom is 0.00316 e. The van der Waals surface area contributed by atoms with Gasteiger partial charge in [0.05, 0.1) is 0 Å². The van der Waals surface area contributed by atoms with Crippen LogP contribution in [0.25, 0.3) is 0 Å². The van der Waals surface area contributed by atoms with Crippen molar-refractivity contribution in [1.29, 1.82) is 0 Å². The molecule has 0 spiro atoms.